The lowest BCUT2D eigenvalue weighted by molar-refractivity contribution is 0.210. The van der Waals surface area contributed by atoms with E-state index in [2.05, 4.69) is 4.72 Å². The minimum absolute atomic E-state index is 0.293. The molecule has 0 amide bonds. The maximum atomic E-state index is 12.1. The molecule has 1 N–H and O–H groups in total. The summed E-state index contributed by atoms with van der Waals surface area (Å²) in [4.78, 5) is 0. The molecule has 2 aromatic rings. The number of rotatable bonds is 6. The smallest absolute Gasteiger partial charge is 0.255 e. The zero-order valence-electron chi connectivity index (χ0n) is 13.4. The zero-order valence-corrected chi connectivity index (χ0v) is 14.2. The maximum Gasteiger partial charge on any atom is 0.255 e. The number of hydrogen-bond acceptors (Lipinski definition) is 3. The van der Waals surface area contributed by atoms with Crippen molar-refractivity contribution in [3.8, 4) is 5.75 Å². The van der Waals surface area contributed by atoms with Gasteiger partial charge in [0.15, 0.2) is 0 Å². The van der Waals surface area contributed by atoms with Gasteiger partial charge in [0.25, 0.3) is 10.0 Å². The van der Waals surface area contributed by atoms with E-state index in [1.807, 2.05) is 30.3 Å². The third kappa shape index (κ3) is 4.86. The molecule has 1 aliphatic carbocycles. The molecule has 0 unspecified atom stereocenters. The first-order valence-electron chi connectivity index (χ1n) is 8.13. The van der Waals surface area contributed by atoms with E-state index in [9.17, 15) is 8.42 Å². The molecule has 0 saturated heterocycles. The number of benzene rings is 2. The molecule has 3 rings (SSSR count). The van der Waals surface area contributed by atoms with E-state index in [0.29, 0.717) is 11.8 Å². The van der Waals surface area contributed by atoms with Crippen LogP contribution in [0.4, 0.5) is 5.69 Å². The first-order valence-corrected chi connectivity index (χ1v) is 9.68. The van der Waals surface area contributed by atoms with E-state index in [4.69, 9.17) is 4.74 Å². The molecule has 5 heteroatoms. The Labute approximate surface area is 143 Å². The van der Waals surface area contributed by atoms with Crippen molar-refractivity contribution in [3.05, 3.63) is 65.6 Å². The van der Waals surface area contributed by atoms with Crippen molar-refractivity contribution in [2.75, 3.05) is 4.72 Å². The average Bonchev–Trinajstić information content (AvgIpc) is 3.09. The van der Waals surface area contributed by atoms with Crippen LogP contribution < -0.4 is 9.46 Å². The lowest BCUT2D eigenvalue weighted by Gasteiger charge is -2.13. The number of ether oxygens (including phenoxy) is 1. The highest BCUT2D eigenvalue weighted by Crippen LogP contribution is 2.25. The fourth-order valence-electron chi connectivity index (χ4n) is 2.73. The van der Waals surface area contributed by atoms with Crippen LogP contribution in [0.5, 0.6) is 5.75 Å². The molecule has 4 nitrogen and oxygen atoms in total. The van der Waals surface area contributed by atoms with Crippen molar-refractivity contribution < 1.29 is 13.2 Å². The molecule has 0 spiro atoms. The largest absolute Gasteiger partial charge is 0.490 e. The van der Waals surface area contributed by atoms with E-state index >= 15 is 0 Å². The molecule has 0 atom stereocenters. The van der Waals surface area contributed by atoms with Gasteiger partial charge in [-0.2, -0.15) is 0 Å². The van der Waals surface area contributed by atoms with Gasteiger partial charge in [-0.15, -0.1) is 0 Å². The van der Waals surface area contributed by atoms with Gasteiger partial charge in [0.05, 0.1) is 11.5 Å². The van der Waals surface area contributed by atoms with Gasteiger partial charge in [0.2, 0.25) is 0 Å². The van der Waals surface area contributed by atoms with Crippen LogP contribution in [0.25, 0.3) is 6.08 Å². The zero-order chi connectivity index (χ0) is 16.8. The summed E-state index contributed by atoms with van der Waals surface area (Å²) in [6.07, 6.45) is 6.49. The topological polar surface area (TPSA) is 55.4 Å². The van der Waals surface area contributed by atoms with Crippen LogP contribution in [0.1, 0.15) is 31.2 Å². The van der Waals surface area contributed by atoms with Crippen molar-refractivity contribution >= 4 is 21.8 Å². The Balaban J connectivity index is 1.61. The molecular formula is C19H21NO3S. The van der Waals surface area contributed by atoms with Crippen LogP contribution in [-0.4, -0.2) is 14.5 Å². The minimum atomic E-state index is -3.54. The molecule has 1 aliphatic rings. The molecule has 126 valence electrons. The number of anilines is 1. The van der Waals surface area contributed by atoms with Crippen LogP contribution in [0, 0.1) is 0 Å². The second-order valence-electron chi connectivity index (χ2n) is 5.91. The summed E-state index contributed by atoms with van der Waals surface area (Å²) < 4.78 is 32.6. The second kappa shape index (κ2) is 7.53. The molecule has 1 saturated carbocycles. The lowest BCUT2D eigenvalue weighted by atomic mass is 10.2. The molecular weight excluding hydrogens is 322 g/mol. The van der Waals surface area contributed by atoms with Crippen LogP contribution in [0.3, 0.4) is 0 Å². The Bertz CT molecular complexity index is 777. The summed E-state index contributed by atoms with van der Waals surface area (Å²) in [5, 5.41) is 1.17. The van der Waals surface area contributed by atoms with Crippen molar-refractivity contribution in [3.63, 3.8) is 0 Å². The molecule has 0 radical (unpaired) electrons. The van der Waals surface area contributed by atoms with Crippen LogP contribution in [0.15, 0.2) is 60.0 Å². The van der Waals surface area contributed by atoms with E-state index in [0.717, 1.165) is 24.2 Å². The molecule has 24 heavy (non-hydrogen) atoms. The highest BCUT2D eigenvalue weighted by Gasteiger charge is 2.16. The van der Waals surface area contributed by atoms with E-state index in [-0.39, 0.29) is 0 Å². The molecule has 0 aromatic heterocycles. The highest BCUT2D eigenvalue weighted by molar-refractivity contribution is 7.95. The summed E-state index contributed by atoms with van der Waals surface area (Å²) >= 11 is 0. The Kier molecular flexibility index (Phi) is 5.20. The van der Waals surface area contributed by atoms with Gasteiger partial charge in [0.1, 0.15) is 5.75 Å². The minimum Gasteiger partial charge on any atom is -0.490 e. The Hall–Kier alpha value is -2.27. The molecule has 0 bridgehead atoms. The highest BCUT2D eigenvalue weighted by atomic mass is 32.2. The second-order valence-corrected chi connectivity index (χ2v) is 7.48. The SMILES string of the molecule is O=S(=O)(C=Cc1ccccc1)Nc1ccc(OC2CCCC2)cc1. The summed E-state index contributed by atoms with van der Waals surface area (Å²) in [6, 6.07) is 16.4. The predicted octanol–water partition coefficient (Wildman–Crippen LogP) is 4.42. The van der Waals surface area contributed by atoms with Crippen molar-refractivity contribution in [1.82, 2.24) is 0 Å². The van der Waals surface area contributed by atoms with Gasteiger partial charge in [-0.05, 0) is 61.6 Å². The Morgan fingerprint density at radius 2 is 1.62 bits per heavy atom. The standard InChI is InChI=1S/C19H21NO3S/c21-24(22,15-14-16-6-2-1-3-7-16)20-17-10-12-19(13-11-17)23-18-8-4-5-9-18/h1-3,6-7,10-15,18,20H,4-5,8-9H2. The third-order valence-corrected chi connectivity index (χ3v) is 4.97. The van der Waals surface area contributed by atoms with Crippen LogP contribution in [0.2, 0.25) is 0 Å². The number of nitrogens with one attached hydrogen (secondary N) is 1. The van der Waals surface area contributed by atoms with E-state index in [1.165, 1.54) is 18.2 Å². The molecule has 0 heterocycles. The van der Waals surface area contributed by atoms with E-state index < -0.39 is 10.0 Å². The third-order valence-electron chi connectivity index (χ3n) is 3.96. The van der Waals surface area contributed by atoms with Crippen molar-refractivity contribution in [2.45, 2.75) is 31.8 Å². The Morgan fingerprint density at radius 1 is 0.958 bits per heavy atom. The van der Waals surface area contributed by atoms with Crippen LogP contribution >= 0.6 is 0 Å². The van der Waals surface area contributed by atoms with Gasteiger partial charge in [-0.25, -0.2) is 8.42 Å². The molecule has 1 fully saturated rings. The van der Waals surface area contributed by atoms with Gasteiger partial charge in [0, 0.05) is 5.69 Å². The van der Waals surface area contributed by atoms with Gasteiger partial charge in [-0.3, -0.25) is 4.72 Å². The fourth-order valence-corrected chi connectivity index (χ4v) is 3.60. The summed E-state index contributed by atoms with van der Waals surface area (Å²) in [6.45, 7) is 0. The summed E-state index contributed by atoms with van der Waals surface area (Å²) in [5.74, 6) is 0.782. The number of sulfonamides is 1. The van der Waals surface area contributed by atoms with Gasteiger partial charge in [-0.1, -0.05) is 30.3 Å². The maximum absolute atomic E-state index is 12.1. The normalized spacial score (nSPS) is 15.7. The first-order chi connectivity index (χ1) is 11.6. The van der Waals surface area contributed by atoms with E-state index in [1.54, 1.807) is 30.3 Å². The van der Waals surface area contributed by atoms with Gasteiger partial charge >= 0.3 is 0 Å². The number of hydrogen-bond donors (Lipinski definition) is 1. The fraction of sp³-hybridized carbons (Fsp3) is 0.263. The van der Waals surface area contributed by atoms with Crippen molar-refractivity contribution in [1.29, 1.82) is 0 Å². The monoisotopic (exact) mass is 343 g/mol. The van der Waals surface area contributed by atoms with Gasteiger partial charge < -0.3 is 4.74 Å². The average molecular weight is 343 g/mol. The Morgan fingerprint density at radius 3 is 2.29 bits per heavy atom. The first kappa shape index (κ1) is 16.6. The summed E-state index contributed by atoms with van der Waals surface area (Å²) in [5.41, 5.74) is 1.36. The van der Waals surface area contributed by atoms with Crippen LogP contribution in [-0.2, 0) is 10.0 Å². The van der Waals surface area contributed by atoms with Crippen molar-refractivity contribution in [2.24, 2.45) is 0 Å². The quantitative estimate of drug-likeness (QED) is 0.844. The molecule has 2 aromatic carbocycles. The lowest BCUT2D eigenvalue weighted by Crippen LogP contribution is -2.11. The predicted molar refractivity (Wildman–Crippen MR) is 97.3 cm³/mol. The molecule has 0 aliphatic heterocycles. The summed E-state index contributed by atoms with van der Waals surface area (Å²) in [7, 11) is -3.54.